The smallest absolute Gasteiger partial charge is 0.313 e. The number of nitrogens with zero attached hydrogens (tertiary/aromatic N) is 2. The lowest BCUT2D eigenvalue weighted by atomic mass is 10.0. The Hall–Kier alpha value is -2.87. The summed E-state index contributed by atoms with van der Waals surface area (Å²) in [6.45, 7) is 5.77. The number of carboxylic acid groups (broad SMARTS) is 1. The lowest BCUT2D eigenvalue weighted by Crippen LogP contribution is -2.14. The highest BCUT2D eigenvalue weighted by Gasteiger charge is 2.20. The number of amides is 1. The molecule has 1 amide bonds. The van der Waals surface area contributed by atoms with Gasteiger partial charge in [-0.15, -0.1) is 11.8 Å². The molecule has 0 unspecified atom stereocenters. The number of benzene rings is 1. The zero-order valence-electron chi connectivity index (χ0n) is 15.9. The fraction of sp³-hybridized carbons (Fsp3) is 0.300. The zero-order valence-corrected chi connectivity index (χ0v) is 16.7. The molecule has 0 saturated carbocycles. The molecule has 2 heterocycles. The summed E-state index contributed by atoms with van der Waals surface area (Å²) < 4.78 is 5.27. The van der Waals surface area contributed by atoms with Crippen LogP contribution in [0.15, 0.2) is 34.9 Å². The van der Waals surface area contributed by atoms with Crippen LogP contribution in [0.5, 0.6) is 0 Å². The van der Waals surface area contributed by atoms with E-state index < -0.39 is 5.97 Å². The number of carbonyl (C=O) groups is 2. The largest absolute Gasteiger partial charge is 0.481 e. The van der Waals surface area contributed by atoms with Crippen molar-refractivity contribution < 1.29 is 19.2 Å². The number of nitrogens with one attached hydrogen (secondary N) is 1. The second-order valence-corrected chi connectivity index (χ2v) is 7.72. The van der Waals surface area contributed by atoms with Crippen LogP contribution in [0.25, 0.3) is 11.1 Å². The van der Waals surface area contributed by atoms with Crippen molar-refractivity contribution in [1.29, 1.82) is 0 Å². The van der Waals surface area contributed by atoms with Crippen molar-refractivity contribution in [3.05, 3.63) is 52.8 Å². The molecule has 146 valence electrons. The molecule has 2 aromatic heterocycles. The Morgan fingerprint density at radius 3 is 2.79 bits per heavy atom. The molecule has 0 bridgehead atoms. The third kappa shape index (κ3) is 4.51. The quantitative estimate of drug-likeness (QED) is 0.612. The Labute approximate surface area is 166 Å². The Bertz CT molecular complexity index is 1030. The van der Waals surface area contributed by atoms with Crippen molar-refractivity contribution in [3.63, 3.8) is 0 Å². The number of rotatable bonds is 7. The summed E-state index contributed by atoms with van der Waals surface area (Å²) in [6.07, 6.45) is 0. The Balaban J connectivity index is 1.85. The maximum absolute atomic E-state index is 13.0. The molecule has 0 radical (unpaired) electrons. The Morgan fingerprint density at radius 1 is 1.29 bits per heavy atom. The lowest BCUT2D eigenvalue weighted by Gasteiger charge is -2.10. The summed E-state index contributed by atoms with van der Waals surface area (Å²) in [5, 5.41) is 16.2. The number of thioether (sulfide) groups is 1. The molecule has 7 nitrogen and oxygen atoms in total. The van der Waals surface area contributed by atoms with E-state index in [4.69, 9.17) is 9.63 Å². The number of aliphatic carboxylic acids is 1. The fourth-order valence-corrected chi connectivity index (χ4v) is 3.47. The van der Waals surface area contributed by atoms with Crippen LogP contribution in [0, 0.1) is 6.92 Å². The van der Waals surface area contributed by atoms with E-state index in [-0.39, 0.29) is 17.6 Å². The van der Waals surface area contributed by atoms with Gasteiger partial charge in [0.25, 0.3) is 11.6 Å². The van der Waals surface area contributed by atoms with Crippen molar-refractivity contribution >= 4 is 40.4 Å². The summed E-state index contributed by atoms with van der Waals surface area (Å²) in [5.41, 5.74) is 3.77. The SMILES string of the molecule is Cc1noc2nc(C(C)C)cc(C(=O)Nc3cccc(CSCC(=O)O)c3)c12. The summed E-state index contributed by atoms with van der Waals surface area (Å²) in [4.78, 5) is 28.1. The summed E-state index contributed by atoms with van der Waals surface area (Å²) >= 11 is 1.31. The fourth-order valence-electron chi connectivity index (χ4n) is 2.78. The molecule has 0 atom stereocenters. The minimum Gasteiger partial charge on any atom is -0.481 e. The van der Waals surface area contributed by atoms with Gasteiger partial charge in [-0.05, 0) is 36.6 Å². The van der Waals surface area contributed by atoms with E-state index in [1.807, 2.05) is 32.0 Å². The number of pyridine rings is 1. The van der Waals surface area contributed by atoms with E-state index in [9.17, 15) is 9.59 Å². The van der Waals surface area contributed by atoms with Crippen molar-refractivity contribution in [2.24, 2.45) is 0 Å². The molecule has 1 aromatic carbocycles. The van der Waals surface area contributed by atoms with Gasteiger partial charge in [0.15, 0.2) is 0 Å². The van der Waals surface area contributed by atoms with Crippen LogP contribution in [0.3, 0.4) is 0 Å². The van der Waals surface area contributed by atoms with Gasteiger partial charge >= 0.3 is 5.97 Å². The maximum Gasteiger partial charge on any atom is 0.313 e. The molecule has 0 spiro atoms. The molecule has 0 aliphatic carbocycles. The van der Waals surface area contributed by atoms with Crippen molar-refractivity contribution in [2.75, 3.05) is 11.1 Å². The van der Waals surface area contributed by atoms with Gasteiger partial charge in [-0.2, -0.15) is 0 Å². The predicted molar refractivity (Wildman–Crippen MR) is 109 cm³/mol. The van der Waals surface area contributed by atoms with E-state index in [2.05, 4.69) is 15.5 Å². The van der Waals surface area contributed by atoms with E-state index >= 15 is 0 Å². The van der Waals surface area contributed by atoms with E-state index in [1.165, 1.54) is 11.8 Å². The molecule has 3 rings (SSSR count). The van der Waals surface area contributed by atoms with Crippen molar-refractivity contribution in [1.82, 2.24) is 10.1 Å². The van der Waals surface area contributed by atoms with Gasteiger partial charge < -0.3 is 14.9 Å². The van der Waals surface area contributed by atoms with Crippen LogP contribution in [0.4, 0.5) is 5.69 Å². The molecule has 0 aliphatic rings. The number of hydrogen-bond donors (Lipinski definition) is 2. The monoisotopic (exact) mass is 399 g/mol. The third-order valence-electron chi connectivity index (χ3n) is 4.15. The number of carboxylic acids is 1. The number of aromatic nitrogens is 2. The average molecular weight is 399 g/mol. The van der Waals surface area contributed by atoms with Crippen LogP contribution in [0.1, 0.15) is 47.1 Å². The minimum absolute atomic E-state index is 0.0380. The van der Waals surface area contributed by atoms with Gasteiger partial charge in [-0.3, -0.25) is 9.59 Å². The summed E-state index contributed by atoms with van der Waals surface area (Å²) in [7, 11) is 0. The van der Waals surface area contributed by atoms with Crippen LogP contribution in [0.2, 0.25) is 0 Å². The van der Waals surface area contributed by atoms with Gasteiger partial charge in [0.05, 0.1) is 22.4 Å². The molecule has 0 fully saturated rings. The van der Waals surface area contributed by atoms with E-state index in [0.717, 1.165) is 11.3 Å². The highest BCUT2D eigenvalue weighted by atomic mass is 32.2. The molecule has 0 aliphatic heterocycles. The average Bonchev–Trinajstić information content (AvgIpc) is 3.02. The van der Waals surface area contributed by atoms with Gasteiger partial charge in [0.2, 0.25) is 0 Å². The minimum atomic E-state index is -0.846. The highest BCUT2D eigenvalue weighted by molar-refractivity contribution is 7.99. The van der Waals surface area contributed by atoms with E-state index in [0.29, 0.717) is 33.8 Å². The number of hydrogen-bond acceptors (Lipinski definition) is 6. The van der Waals surface area contributed by atoms with Crippen LogP contribution >= 0.6 is 11.8 Å². The first-order chi connectivity index (χ1) is 13.3. The van der Waals surface area contributed by atoms with Crippen LogP contribution in [-0.4, -0.2) is 32.9 Å². The molecule has 0 saturated heterocycles. The first kappa shape index (κ1) is 19.9. The van der Waals surface area contributed by atoms with E-state index in [1.54, 1.807) is 19.1 Å². The molecular formula is C20H21N3O4S. The normalized spacial score (nSPS) is 11.1. The van der Waals surface area contributed by atoms with Gasteiger partial charge in [-0.25, -0.2) is 4.98 Å². The predicted octanol–water partition coefficient (Wildman–Crippen LogP) is 4.22. The summed E-state index contributed by atoms with van der Waals surface area (Å²) in [5.74, 6) is -0.387. The molecule has 28 heavy (non-hydrogen) atoms. The van der Waals surface area contributed by atoms with Gasteiger partial charge in [0, 0.05) is 17.1 Å². The molecule has 8 heteroatoms. The van der Waals surface area contributed by atoms with Crippen LogP contribution in [-0.2, 0) is 10.5 Å². The van der Waals surface area contributed by atoms with Crippen molar-refractivity contribution in [2.45, 2.75) is 32.4 Å². The lowest BCUT2D eigenvalue weighted by molar-refractivity contribution is -0.133. The highest BCUT2D eigenvalue weighted by Crippen LogP contribution is 2.26. The molecule has 2 N–H and O–H groups in total. The first-order valence-corrected chi connectivity index (χ1v) is 9.97. The standard InChI is InChI=1S/C20H21N3O4S/c1-11(2)16-8-15(18-12(3)23-27-20(18)22-16)19(26)21-14-6-4-5-13(7-14)9-28-10-17(24)25/h4-8,11H,9-10H2,1-3H3,(H,21,26)(H,24,25). The maximum atomic E-state index is 13.0. The third-order valence-corrected chi connectivity index (χ3v) is 5.14. The van der Waals surface area contributed by atoms with Crippen LogP contribution < -0.4 is 5.32 Å². The number of carbonyl (C=O) groups excluding carboxylic acids is 1. The second-order valence-electron chi connectivity index (χ2n) is 6.74. The Kier molecular flexibility index (Phi) is 5.99. The topological polar surface area (TPSA) is 105 Å². The van der Waals surface area contributed by atoms with Gasteiger partial charge in [-0.1, -0.05) is 31.1 Å². The Morgan fingerprint density at radius 2 is 2.07 bits per heavy atom. The molecular weight excluding hydrogens is 378 g/mol. The van der Waals surface area contributed by atoms with Crippen molar-refractivity contribution in [3.8, 4) is 0 Å². The number of anilines is 1. The van der Waals surface area contributed by atoms with Gasteiger partial charge in [0.1, 0.15) is 0 Å². The number of aryl methyl sites for hydroxylation is 1. The first-order valence-electron chi connectivity index (χ1n) is 8.82. The molecule has 3 aromatic rings. The zero-order chi connectivity index (χ0) is 20.3. The number of fused-ring (bicyclic) bond motifs is 1. The summed E-state index contributed by atoms with van der Waals surface area (Å²) in [6, 6.07) is 9.15. The second kappa shape index (κ2) is 8.43.